The number of rotatable bonds is 7. The molecule has 0 saturated carbocycles. The monoisotopic (exact) mass is 458 g/mol. The van der Waals surface area contributed by atoms with Crippen molar-refractivity contribution >= 4 is 12.0 Å². The number of alkyl carbamates (subject to hydrolysis) is 1. The van der Waals surface area contributed by atoms with Gasteiger partial charge in [0.2, 0.25) is 0 Å². The summed E-state index contributed by atoms with van der Waals surface area (Å²) >= 11 is 0. The van der Waals surface area contributed by atoms with Gasteiger partial charge in [-0.1, -0.05) is 44.2 Å². The molecular weight excluding hydrogens is 430 g/mol. The first-order chi connectivity index (χ1) is 15.8. The lowest BCUT2D eigenvalue weighted by Crippen LogP contribution is -2.26. The maximum atomic E-state index is 13.8. The molecule has 0 aliphatic rings. The van der Waals surface area contributed by atoms with Gasteiger partial charge in [-0.15, -0.1) is 0 Å². The maximum Gasteiger partial charge on any atom is 0.407 e. The van der Waals surface area contributed by atoms with E-state index in [4.69, 9.17) is 9.15 Å². The Hall–Kier alpha value is -3.68. The van der Waals surface area contributed by atoms with Crippen molar-refractivity contribution in [1.82, 2.24) is 10.6 Å². The van der Waals surface area contributed by atoms with Crippen LogP contribution in [0.3, 0.4) is 0 Å². The maximum absolute atomic E-state index is 13.8. The lowest BCUT2D eigenvalue weighted by Gasteiger charge is -2.12. The van der Waals surface area contributed by atoms with Crippen LogP contribution in [0, 0.1) is 11.6 Å². The number of ether oxygens (including phenoxy) is 1. The van der Waals surface area contributed by atoms with Gasteiger partial charge in [-0.05, 0) is 31.5 Å². The van der Waals surface area contributed by atoms with Crippen LogP contribution in [0.1, 0.15) is 49.2 Å². The van der Waals surface area contributed by atoms with Gasteiger partial charge in [-0.2, -0.15) is 0 Å². The lowest BCUT2D eigenvalue weighted by atomic mass is 10.0. The molecule has 0 bridgehead atoms. The van der Waals surface area contributed by atoms with Gasteiger partial charge in [-0.3, -0.25) is 4.79 Å². The lowest BCUT2D eigenvalue weighted by molar-refractivity contribution is 0.0950. The fourth-order valence-electron chi connectivity index (χ4n) is 2.95. The molecule has 33 heavy (non-hydrogen) atoms. The highest BCUT2D eigenvalue weighted by Crippen LogP contribution is 2.28. The Kier molecular flexibility index (Phi) is 9.60. The summed E-state index contributed by atoms with van der Waals surface area (Å²) in [5.41, 5.74) is 1.75. The Morgan fingerprint density at radius 2 is 1.67 bits per heavy atom. The van der Waals surface area contributed by atoms with Crippen LogP contribution in [0.25, 0.3) is 11.3 Å². The summed E-state index contributed by atoms with van der Waals surface area (Å²) in [4.78, 5) is 24.5. The van der Waals surface area contributed by atoms with Crippen molar-refractivity contribution in [2.45, 2.75) is 46.9 Å². The minimum Gasteiger partial charge on any atom is -0.463 e. The largest absolute Gasteiger partial charge is 0.463 e. The summed E-state index contributed by atoms with van der Waals surface area (Å²) in [6.07, 6.45) is 0.574. The Bertz CT molecular complexity index is 1080. The van der Waals surface area contributed by atoms with Crippen LogP contribution in [0.5, 0.6) is 0 Å². The van der Waals surface area contributed by atoms with Gasteiger partial charge in [0, 0.05) is 30.3 Å². The molecule has 3 aromatic rings. The number of carbonyl (C=O) groups excluding carboxylic acids is 2. The standard InChI is InChI=1S/C23H22F2N2O4.C2H6/c1-14(2)31-23(29)27-12-15-5-3-4-6-18(15)21-19(9-10-30-21)22(28)26-13-16-7-8-17(24)11-20(16)25;1-2/h3-11,14H,12-13H2,1-2H3,(H,26,28)(H,27,29);1-2H3. The van der Waals surface area contributed by atoms with Gasteiger partial charge in [0.1, 0.15) is 17.4 Å². The number of hydrogen-bond acceptors (Lipinski definition) is 4. The van der Waals surface area contributed by atoms with Crippen molar-refractivity contribution in [2.75, 3.05) is 0 Å². The fraction of sp³-hybridized carbons (Fsp3) is 0.280. The number of carbonyl (C=O) groups is 2. The van der Waals surface area contributed by atoms with Crippen molar-refractivity contribution in [3.63, 3.8) is 0 Å². The fourth-order valence-corrected chi connectivity index (χ4v) is 2.95. The van der Waals surface area contributed by atoms with Crippen molar-refractivity contribution < 1.29 is 27.5 Å². The summed E-state index contributed by atoms with van der Waals surface area (Å²) in [6.45, 7) is 7.56. The molecule has 0 unspecified atom stereocenters. The van der Waals surface area contributed by atoms with Crippen molar-refractivity contribution in [1.29, 1.82) is 0 Å². The van der Waals surface area contributed by atoms with E-state index in [1.165, 1.54) is 18.4 Å². The average Bonchev–Trinajstić information content (AvgIpc) is 3.28. The van der Waals surface area contributed by atoms with Crippen LogP contribution in [0.15, 0.2) is 59.2 Å². The van der Waals surface area contributed by atoms with E-state index < -0.39 is 23.6 Å². The number of furan rings is 1. The molecule has 0 saturated heterocycles. The van der Waals surface area contributed by atoms with Gasteiger partial charge in [0.05, 0.1) is 17.9 Å². The molecule has 0 atom stereocenters. The Balaban J connectivity index is 0.00000187. The summed E-state index contributed by atoms with van der Waals surface area (Å²) in [6, 6.07) is 11.8. The predicted molar refractivity (Wildman–Crippen MR) is 121 cm³/mol. The molecule has 0 spiro atoms. The van der Waals surface area contributed by atoms with Gasteiger partial charge < -0.3 is 19.8 Å². The highest BCUT2D eigenvalue weighted by atomic mass is 19.1. The van der Waals surface area contributed by atoms with E-state index in [1.807, 2.05) is 13.8 Å². The molecule has 2 N–H and O–H groups in total. The highest BCUT2D eigenvalue weighted by Gasteiger charge is 2.19. The third-order valence-corrected chi connectivity index (χ3v) is 4.39. The molecule has 1 heterocycles. The number of halogens is 2. The van der Waals surface area contributed by atoms with Crippen molar-refractivity contribution in [2.24, 2.45) is 0 Å². The smallest absolute Gasteiger partial charge is 0.407 e. The summed E-state index contributed by atoms with van der Waals surface area (Å²) < 4.78 is 37.5. The van der Waals surface area contributed by atoms with Crippen LogP contribution in [0.4, 0.5) is 13.6 Å². The number of hydrogen-bond donors (Lipinski definition) is 2. The molecule has 0 fully saturated rings. The summed E-state index contributed by atoms with van der Waals surface area (Å²) in [7, 11) is 0. The van der Waals surface area contributed by atoms with Gasteiger partial charge in [0.15, 0.2) is 0 Å². The predicted octanol–water partition coefficient (Wildman–Crippen LogP) is 5.82. The topological polar surface area (TPSA) is 80.6 Å². The second kappa shape index (κ2) is 12.4. The van der Waals surface area contributed by atoms with Crippen LogP contribution >= 0.6 is 0 Å². The normalized spacial score (nSPS) is 10.3. The number of amides is 2. The second-order valence-corrected chi connectivity index (χ2v) is 7.05. The second-order valence-electron chi connectivity index (χ2n) is 7.05. The molecule has 8 heteroatoms. The minimum atomic E-state index is -0.738. The molecule has 176 valence electrons. The zero-order chi connectivity index (χ0) is 24.4. The molecular formula is C25H28F2N2O4. The van der Waals surface area contributed by atoms with E-state index >= 15 is 0 Å². The average molecular weight is 459 g/mol. The van der Waals surface area contributed by atoms with Gasteiger partial charge >= 0.3 is 6.09 Å². The number of nitrogens with one attached hydrogen (secondary N) is 2. The van der Waals surface area contributed by atoms with E-state index in [9.17, 15) is 18.4 Å². The van der Waals surface area contributed by atoms with E-state index in [0.717, 1.165) is 17.7 Å². The van der Waals surface area contributed by atoms with Crippen LogP contribution in [0.2, 0.25) is 0 Å². The van der Waals surface area contributed by atoms with Crippen molar-refractivity contribution in [3.05, 3.63) is 83.1 Å². The quantitative estimate of drug-likeness (QED) is 0.468. The van der Waals surface area contributed by atoms with Crippen LogP contribution < -0.4 is 10.6 Å². The number of benzene rings is 2. The molecule has 3 rings (SSSR count). The minimum absolute atomic E-state index is 0.111. The molecule has 1 aromatic heterocycles. The van der Waals surface area contributed by atoms with Gasteiger partial charge in [-0.25, -0.2) is 13.6 Å². The van der Waals surface area contributed by atoms with Gasteiger partial charge in [0.25, 0.3) is 5.91 Å². The Labute approximate surface area is 191 Å². The molecule has 0 aliphatic heterocycles. The Morgan fingerprint density at radius 1 is 0.970 bits per heavy atom. The van der Waals surface area contributed by atoms with E-state index in [-0.39, 0.29) is 30.3 Å². The molecule has 2 amide bonds. The van der Waals surface area contributed by atoms with Crippen molar-refractivity contribution in [3.8, 4) is 11.3 Å². The molecule has 2 aromatic carbocycles. The SMILES string of the molecule is CC.CC(C)OC(=O)NCc1ccccc1-c1occc1C(=O)NCc1ccc(F)cc1F. The molecule has 6 nitrogen and oxygen atoms in total. The first-order valence-corrected chi connectivity index (χ1v) is 10.7. The van der Waals surface area contributed by atoms with E-state index in [0.29, 0.717) is 11.3 Å². The van der Waals surface area contributed by atoms with E-state index in [2.05, 4.69) is 10.6 Å². The summed E-state index contributed by atoms with van der Waals surface area (Å²) in [5, 5.41) is 5.28. The Morgan fingerprint density at radius 3 is 2.36 bits per heavy atom. The zero-order valence-electron chi connectivity index (χ0n) is 19.1. The molecule has 0 radical (unpaired) electrons. The van der Waals surface area contributed by atoms with Crippen LogP contribution in [-0.4, -0.2) is 18.1 Å². The third kappa shape index (κ3) is 7.17. The first kappa shape index (κ1) is 25.6. The zero-order valence-corrected chi connectivity index (χ0v) is 19.1. The van der Waals surface area contributed by atoms with Crippen LogP contribution in [-0.2, 0) is 17.8 Å². The first-order valence-electron chi connectivity index (χ1n) is 10.7. The third-order valence-electron chi connectivity index (χ3n) is 4.39. The molecule has 0 aliphatic carbocycles. The van der Waals surface area contributed by atoms with E-state index in [1.54, 1.807) is 38.1 Å². The highest BCUT2D eigenvalue weighted by molar-refractivity contribution is 5.99. The summed E-state index contributed by atoms with van der Waals surface area (Å²) in [5.74, 6) is -1.59.